The monoisotopic (exact) mass is 452 g/mol. The molecule has 2 aliphatic heterocycles. The molecule has 5 heterocycles. The number of nitrogens with one attached hydrogen (secondary N) is 1. The van der Waals surface area contributed by atoms with Gasteiger partial charge < -0.3 is 9.72 Å². The molecular weight excluding hydrogens is 427 g/mol. The Bertz CT molecular complexity index is 1200. The highest BCUT2D eigenvalue weighted by Crippen LogP contribution is 2.35. The third kappa shape index (κ3) is 3.80. The minimum absolute atomic E-state index is 0.0805. The standard InChI is InChI=1S/C23H25FN6OS/c24-16-9-19(18-1-2-26-20(18)10-16)22-14-30(29-5-7-31-8-6-29)4-3-28(22)13-17-11-21-23(32-17)12-25-15-27-21/h1-2,9-12,15,22,26H,3-8,13-14H2. The largest absolute Gasteiger partial charge is 0.379 e. The first-order valence-electron chi connectivity index (χ1n) is 11.0. The summed E-state index contributed by atoms with van der Waals surface area (Å²) in [7, 11) is 0. The predicted octanol–water partition coefficient (Wildman–Crippen LogP) is 3.42. The molecule has 1 N–H and O–H groups in total. The lowest BCUT2D eigenvalue weighted by molar-refractivity contribution is -0.121. The number of ether oxygens (including phenoxy) is 1. The van der Waals surface area contributed by atoms with E-state index < -0.39 is 0 Å². The van der Waals surface area contributed by atoms with Gasteiger partial charge in [-0.1, -0.05) is 0 Å². The third-order valence-corrected chi connectivity index (χ3v) is 7.53. The third-order valence-electron chi connectivity index (χ3n) is 6.49. The van der Waals surface area contributed by atoms with Crippen LogP contribution in [0.3, 0.4) is 0 Å². The molecule has 0 spiro atoms. The fourth-order valence-electron chi connectivity index (χ4n) is 4.93. The van der Waals surface area contributed by atoms with Gasteiger partial charge in [-0.25, -0.2) is 24.4 Å². The van der Waals surface area contributed by atoms with Crippen molar-refractivity contribution in [3.63, 3.8) is 0 Å². The van der Waals surface area contributed by atoms with Gasteiger partial charge in [0.2, 0.25) is 0 Å². The van der Waals surface area contributed by atoms with Crippen LogP contribution in [0.2, 0.25) is 0 Å². The maximum Gasteiger partial charge on any atom is 0.125 e. The maximum absolute atomic E-state index is 14.6. The van der Waals surface area contributed by atoms with Crippen molar-refractivity contribution in [3.8, 4) is 0 Å². The molecule has 0 aliphatic carbocycles. The topological polar surface area (TPSA) is 60.5 Å². The lowest BCUT2D eigenvalue weighted by atomic mass is 9.98. The van der Waals surface area contributed by atoms with Crippen molar-refractivity contribution in [1.29, 1.82) is 0 Å². The number of morpholine rings is 1. The van der Waals surface area contributed by atoms with E-state index in [1.807, 2.05) is 12.4 Å². The lowest BCUT2D eigenvalue weighted by Gasteiger charge is -2.46. The summed E-state index contributed by atoms with van der Waals surface area (Å²) < 4.78 is 21.2. The SMILES string of the molecule is Fc1cc(C2CN(N3CCOCC3)CCN2Cc2cc3ncncc3s2)c2cc[nH]c2c1. The van der Waals surface area contributed by atoms with Crippen LogP contribution >= 0.6 is 11.3 Å². The van der Waals surface area contributed by atoms with Gasteiger partial charge in [-0.05, 0) is 29.8 Å². The number of aromatic nitrogens is 3. The van der Waals surface area contributed by atoms with Crippen LogP contribution < -0.4 is 0 Å². The molecule has 2 aliphatic rings. The van der Waals surface area contributed by atoms with E-state index in [1.54, 1.807) is 29.8 Å². The molecule has 0 amide bonds. The summed E-state index contributed by atoms with van der Waals surface area (Å²) in [6.07, 6.45) is 5.36. The van der Waals surface area contributed by atoms with E-state index in [1.165, 1.54) is 4.88 Å². The molecule has 0 radical (unpaired) electrons. The molecular formula is C23H25FN6OS. The first-order chi connectivity index (χ1) is 15.7. The number of rotatable bonds is 4. The summed E-state index contributed by atoms with van der Waals surface area (Å²) in [6.45, 7) is 6.83. The summed E-state index contributed by atoms with van der Waals surface area (Å²) in [6, 6.07) is 7.59. The zero-order chi connectivity index (χ0) is 21.5. The van der Waals surface area contributed by atoms with Crippen LogP contribution in [0, 0.1) is 5.82 Å². The van der Waals surface area contributed by atoms with Crippen molar-refractivity contribution in [3.05, 3.63) is 59.2 Å². The molecule has 32 heavy (non-hydrogen) atoms. The van der Waals surface area contributed by atoms with Gasteiger partial charge in [-0.3, -0.25) is 4.90 Å². The number of aromatic amines is 1. The molecule has 1 atom stereocenters. The lowest BCUT2D eigenvalue weighted by Crippen LogP contribution is -2.57. The van der Waals surface area contributed by atoms with Crippen molar-refractivity contribution < 1.29 is 9.13 Å². The fraction of sp³-hybridized carbons (Fsp3) is 0.391. The average Bonchev–Trinajstić information content (AvgIpc) is 3.45. The number of halogens is 1. The van der Waals surface area contributed by atoms with Crippen LogP contribution in [0.5, 0.6) is 0 Å². The number of piperazine rings is 1. The highest BCUT2D eigenvalue weighted by molar-refractivity contribution is 7.18. The molecule has 2 fully saturated rings. The first kappa shape index (κ1) is 20.2. The zero-order valence-electron chi connectivity index (χ0n) is 17.7. The summed E-state index contributed by atoms with van der Waals surface area (Å²) in [5.74, 6) is -0.199. The summed E-state index contributed by atoms with van der Waals surface area (Å²) in [4.78, 5) is 15.5. The van der Waals surface area contributed by atoms with Crippen molar-refractivity contribution in [2.75, 3.05) is 45.9 Å². The van der Waals surface area contributed by atoms with Crippen molar-refractivity contribution in [2.24, 2.45) is 0 Å². The Hall–Kier alpha value is -2.43. The van der Waals surface area contributed by atoms with E-state index in [4.69, 9.17) is 4.74 Å². The molecule has 9 heteroatoms. The highest BCUT2D eigenvalue weighted by atomic mass is 32.1. The van der Waals surface area contributed by atoms with Crippen LogP contribution in [0.1, 0.15) is 16.5 Å². The van der Waals surface area contributed by atoms with E-state index in [0.717, 1.165) is 79.2 Å². The van der Waals surface area contributed by atoms with Crippen LogP contribution in [-0.2, 0) is 11.3 Å². The predicted molar refractivity (Wildman–Crippen MR) is 123 cm³/mol. The number of hydrogen-bond donors (Lipinski definition) is 1. The van der Waals surface area contributed by atoms with E-state index in [-0.39, 0.29) is 11.9 Å². The van der Waals surface area contributed by atoms with E-state index >= 15 is 0 Å². The van der Waals surface area contributed by atoms with Gasteiger partial charge in [-0.2, -0.15) is 0 Å². The molecule has 1 unspecified atom stereocenters. The second-order valence-corrected chi connectivity index (χ2v) is 9.55. The van der Waals surface area contributed by atoms with Crippen molar-refractivity contribution in [2.45, 2.75) is 12.6 Å². The number of hydrogen-bond acceptors (Lipinski definition) is 7. The molecule has 4 aromatic rings. The van der Waals surface area contributed by atoms with Gasteiger partial charge in [0.1, 0.15) is 12.1 Å². The summed E-state index contributed by atoms with van der Waals surface area (Å²) in [5, 5.41) is 5.92. The molecule has 7 nitrogen and oxygen atoms in total. The molecule has 166 valence electrons. The number of fused-ring (bicyclic) bond motifs is 2. The highest BCUT2D eigenvalue weighted by Gasteiger charge is 2.33. The van der Waals surface area contributed by atoms with Crippen LogP contribution in [0.15, 0.2) is 43.0 Å². The van der Waals surface area contributed by atoms with Crippen LogP contribution in [-0.4, -0.2) is 75.8 Å². The Labute approximate surface area is 189 Å². The normalized spacial score (nSPS) is 21.6. The number of hydrazine groups is 1. The van der Waals surface area contributed by atoms with Crippen LogP contribution in [0.4, 0.5) is 4.39 Å². The van der Waals surface area contributed by atoms with Gasteiger partial charge in [0.25, 0.3) is 0 Å². The van der Waals surface area contributed by atoms with E-state index in [9.17, 15) is 4.39 Å². The molecule has 0 bridgehead atoms. The summed E-state index contributed by atoms with van der Waals surface area (Å²) in [5.41, 5.74) is 2.88. The number of H-pyrrole nitrogens is 1. The fourth-order valence-corrected chi connectivity index (χ4v) is 5.95. The maximum atomic E-state index is 14.6. The van der Waals surface area contributed by atoms with Gasteiger partial charge in [0.15, 0.2) is 0 Å². The average molecular weight is 453 g/mol. The van der Waals surface area contributed by atoms with Gasteiger partial charge in [0, 0.05) is 67.4 Å². The van der Waals surface area contributed by atoms with Crippen molar-refractivity contribution >= 4 is 32.5 Å². The smallest absolute Gasteiger partial charge is 0.125 e. The molecule has 1 aromatic carbocycles. The molecule has 0 saturated carbocycles. The quantitative estimate of drug-likeness (QED) is 0.512. The second kappa shape index (κ2) is 8.49. The Morgan fingerprint density at radius 2 is 2.03 bits per heavy atom. The number of thiophene rings is 1. The Morgan fingerprint density at radius 1 is 1.12 bits per heavy atom. The number of benzene rings is 1. The Kier molecular flexibility index (Phi) is 5.36. The Balaban J connectivity index is 1.35. The minimum atomic E-state index is -0.199. The van der Waals surface area contributed by atoms with E-state index in [0.29, 0.717) is 0 Å². The van der Waals surface area contributed by atoms with Gasteiger partial charge in [-0.15, -0.1) is 11.3 Å². The Morgan fingerprint density at radius 3 is 2.91 bits per heavy atom. The zero-order valence-corrected chi connectivity index (χ0v) is 18.5. The van der Waals surface area contributed by atoms with Crippen LogP contribution in [0.25, 0.3) is 21.1 Å². The van der Waals surface area contributed by atoms with Gasteiger partial charge >= 0.3 is 0 Å². The molecule has 6 rings (SSSR count). The van der Waals surface area contributed by atoms with Crippen molar-refractivity contribution in [1.82, 2.24) is 29.9 Å². The molecule has 2 saturated heterocycles. The summed E-state index contributed by atoms with van der Waals surface area (Å²) >= 11 is 1.74. The first-order valence-corrected chi connectivity index (χ1v) is 11.8. The number of nitrogens with zero attached hydrogens (tertiary/aromatic N) is 5. The molecule has 3 aromatic heterocycles. The van der Waals surface area contributed by atoms with E-state index in [2.05, 4.69) is 42.0 Å². The second-order valence-electron chi connectivity index (χ2n) is 8.38. The minimum Gasteiger partial charge on any atom is -0.379 e. The van der Waals surface area contributed by atoms with Gasteiger partial charge in [0.05, 0.1) is 29.5 Å².